The molecule has 1 unspecified atom stereocenters. The number of hydrogen-bond donors (Lipinski definition) is 2. The van der Waals surface area contributed by atoms with Crippen molar-refractivity contribution < 1.29 is 9.94 Å². The van der Waals surface area contributed by atoms with Gasteiger partial charge in [-0.15, -0.1) is 0 Å². The number of nitrogens with zero attached hydrogens (tertiary/aromatic N) is 5. The van der Waals surface area contributed by atoms with E-state index < -0.39 is 0 Å². The lowest BCUT2D eigenvalue weighted by Gasteiger charge is -2.31. The number of oxime groups is 1. The zero-order chi connectivity index (χ0) is 14.5. The van der Waals surface area contributed by atoms with E-state index in [0.717, 1.165) is 18.9 Å². The minimum atomic E-state index is -0.366. The highest BCUT2D eigenvalue weighted by molar-refractivity contribution is 5.84. The maximum atomic E-state index is 8.71. The summed E-state index contributed by atoms with van der Waals surface area (Å²) in [5, 5.41) is 16.0. The normalized spacial score (nSPS) is 21.6. The largest absolute Gasteiger partial charge is 0.409 e. The number of amidine groups is 1. The van der Waals surface area contributed by atoms with Crippen LogP contribution in [0, 0.1) is 5.92 Å². The minimum Gasteiger partial charge on any atom is -0.409 e. The van der Waals surface area contributed by atoms with E-state index in [0.29, 0.717) is 25.6 Å². The van der Waals surface area contributed by atoms with Crippen LogP contribution in [0.5, 0.6) is 0 Å². The van der Waals surface area contributed by atoms with Gasteiger partial charge in [0.25, 0.3) is 0 Å². The van der Waals surface area contributed by atoms with Crippen LogP contribution in [0.25, 0.3) is 0 Å². The molecule has 1 atom stereocenters. The van der Waals surface area contributed by atoms with Gasteiger partial charge in [0, 0.05) is 19.6 Å². The van der Waals surface area contributed by atoms with Gasteiger partial charge in [0.1, 0.15) is 18.3 Å². The fourth-order valence-electron chi connectivity index (χ4n) is 2.20. The van der Waals surface area contributed by atoms with Crippen LogP contribution in [-0.2, 0) is 17.8 Å². The van der Waals surface area contributed by atoms with Crippen molar-refractivity contribution >= 4 is 5.84 Å². The Morgan fingerprint density at radius 2 is 2.45 bits per heavy atom. The molecule has 112 valence electrons. The highest BCUT2D eigenvalue weighted by atomic mass is 16.5. The summed E-state index contributed by atoms with van der Waals surface area (Å²) in [5.74, 6) is 1.56. The lowest BCUT2D eigenvalue weighted by Crippen LogP contribution is -2.48. The lowest BCUT2D eigenvalue weighted by molar-refractivity contribution is -0.0000435. The molecule has 0 aromatic carbocycles. The quantitative estimate of drug-likeness (QED) is 0.338. The van der Waals surface area contributed by atoms with E-state index >= 15 is 0 Å². The first-order valence-electron chi connectivity index (χ1n) is 6.78. The highest BCUT2D eigenvalue weighted by Gasteiger charge is 2.25. The monoisotopic (exact) mass is 282 g/mol. The van der Waals surface area contributed by atoms with E-state index in [9.17, 15) is 0 Å². The molecule has 1 fully saturated rings. The van der Waals surface area contributed by atoms with E-state index in [4.69, 9.17) is 15.7 Å². The summed E-state index contributed by atoms with van der Waals surface area (Å²) in [7, 11) is 0. The molecule has 2 rings (SSSR count). The molecule has 1 aliphatic rings. The van der Waals surface area contributed by atoms with Crippen molar-refractivity contribution in [3.63, 3.8) is 0 Å². The van der Waals surface area contributed by atoms with Crippen LogP contribution in [0.2, 0.25) is 0 Å². The number of ether oxygens (including phenoxy) is 1. The second kappa shape index (κ2) is 6.67. The topological polar surface area (TPSA) is 102 Å². The Balaban J connectivity index is 1.97. The maximum absolute atomic E-state index is 8.71. The average molecular weight is 282 g/mol. The van der Waals surface area contributed by atoms with Crippen molar-refractivity contribution in [1.82, 2.24) is 19.7 Å². The van der Waals surface area contributed by atoms with Gasteiger partial charge in [-0.3, -0.25) is 4.90 Å². The standard InChI is InChI=1S/C12H22N6O2/c1-9(2)5-18-11(14-8-15-18)7-17-3-4-20-10(6-17)12(13)16-19/h8-10,19H,3-7H2,1-2H3,(H2,13,16). The van der Waals surface area contributed by atoms with E-state index in [2.05, 4.69) is 34.0 Å². The van der Waals surface area contributed by atoms with Gasteiger partial charge in [0.05, 0.1) is 13.2 Å². The van der Waals surface area contributed by atoms with Crippen molar-refractivity contribution in [3.8, 4) is 0 Å². The van der Waals surface area contributed by atoms with Crippen molar-refractivity contribution in [2.24, 2.45) is 16.8 Å². The number of hydrogen-bond acceptors (Lipinski definition) is 6. The van der Waals surface area contributed by atoms with E-state index in [1.54, 1.807) is 6.33 Å². The Morgan fingerprint density at radius 3 is 3.15 bits per heavy atom. The predicted octanol–water partition coefficient (Wildman–Crippen LogP) is -0.119. The first kappa shape index (κ1) is 14.7. The Morgan fingerprint density at radius 1 is 1.65 bits per heavy atom. The molecule has 0 aliphatic carbocycles. The fourth-order valence-corrected chi connectivity index (χ4v) is 2.20. The van der Waals surface area contributed by atoms with Gasteiger partial charge in [-0.1, -0.05) is 19.0 Å². The molecule has 1 aliphatic heterocycles. The van der Waals surface area contributed by atoms with Crippen LogP contribution >= 0.6 is 0 Å². The number of morpholine rings is 1. The molecule has 0 bridgehead atoms. The molecule has 0 radical (unpaired) electrons. The van der Waals surface area contributed by atoms with Crippen LogP contribution in [0.3, 0.4) is 0 Å². The molecule has 8 heteroatoms. The van der Waals surface area contributed by atoms with Gasteiger partial charge in [-0.2, -0.15) is 5.10 Å². The third-order valence-corrected chi connectivity index (χ3v) is 3.19. The summed E-state index contributed by atoms with van der Waals surface area (Å²) in [4.78, 5) is 6.49. The first-order valence-corrected chi connectivity index (χ1v) is 6.78. The van der Waals surface area contributed by atoms with Crippen LogP contribution in [0.1, 0.15) is 19.7 Å². The Labute approximate surface area is 118 Å². The predicted molar refractivity (Wildman–Crippen MR) is 73.3 cm³/mol. The summed E-state index contributed by atoms with van der Waals surface area (Å²) in [6.07, 6.45) is 1.22. The molecule has 20 heavy (non-hydrogen) atoms. The second-order valence-corrected chi connectivity index (χ2v) is 5.37. The van der Waals surface area contributed by atoms with Gasteiger partial charge in [-0.05, 0) is 5.92 Å². The molecule has 8 nitrogen and oxygen atoms in total. The summed E-state index contributed by atoms with van der Waals surface area (Å²) >= 11 is 0. The van der Waals surface area contributed by atoms with Gasteiger partial charge in [-0.25, -0.2) is 9.67 Å². The Hall–Kier alpha value is -1.67. The average Bonchev–Trinajstić information content (AvgIpc) is 2.84. The molecule has 2 heterocycles. The number of aromatic nitrogens is 3. The molecular weight excluding hydrogens is 260 g/mol. The fraction of sp³-hybridized carbons (Fsp3) is 0.750. The lowest BCUT2D eigenvalue weighted by atomic mass is 10.2. The van der Waals surface area contributed by atoms with Gasteiger partial charge in [0.15, 0.2) is 5.84 Å². The molecular formula is C12H22N6O2. The van der Waals surface area contributed by atoms with Crippen LogP contribution < -0.4 is 5.73 Å². The van der Waals surface area contributed by atoms with E-state index in [1.165, 1.54) is 0 Å². The molecule has 3 N–H and O–H groups in total. The summed E-state index contributed by atoms with van der Waals surface area (Å²) in [6.45, 7) is 7.77. The summed E-state index contributed by atoms with van der Waals surface area (Å²) in [6, 6.07) is 0. The van der Waals surface area contributed by atoms with E-state index in [1.807, 2.05) is 4.68 Å². The third kappa shape index (κ3) is 3.67. The summed E-state index contributed by atoms with van der Waals surface area (Å²) < 4.78 is 7.40. The van der Waals surface area contributed by atoms with Crippen molar-refractivity contribution in [2.45, 2.75) is 33.0 Å². The first-order chi connectivity index (χ1) is 9.60. The Kier molecular flexibility index (Phi) is 4.91. The van der Waals surface area contributed by atoms with E-state index in [-0.39, 0.29) is 11.9 Å². The summed E-state index contributed by atoms with van der Waals surface area (Å²) in [5.41, 5.74) is 5.59. The van der Waals surface area contributed by atoms with Crippen LogP contribution in [0.4, 0.5) is 0 Å². The van der Waals surface area contributed by atoms with Crippen LogP contribution in [0.15, 0.2) is 11.5 Å². The molecule has 1 aromatic heterocycles. The van der Waals surface area contributed by atoms with Crippen molar-refractivity contribution in [2.75, 3.05) is 19.7 Å². The number of rotatable bonds is 5. The maximum Gasteiger partial charge on any atom is 0.169 e. The molecule has 1 saturated heterocycles. The minimum absolute atomic E-state index is 0.110. The molecule has 1 aromatic rings. The van der Waals surface area contributed by atoms with Crippen molar-refractivity contribution in [1.29, 1.82) is 0 Å². The van der Waals surface area contributed by atoms with Crippen LogP contribution in [-0.4, -0.2) is 56.5 Å². The molecule has 0 amide bonds. The smallest absolute Gasteiger partial charge is 0.169 e. The van der Waals surface area contributed by atoms with Crippen molar-refractivity contribution in [3.05, 3.63) is 12.2 Å². The Bertz CT molecular complexity index is 459. The zero-order valence-electron chi connectivity index (χ0n) is 11.9. The van der Waals surface area contributed by atoms with Gasteiger partial charge >= 0.3 is 0 Å². The highest BCUT2D eigenvalue weighted by Crippen LogP contribution is 2.10. The second-order valence-electron chi connectivity index (χ2n) is 5.37. The number of nitrogens with two attached hydrogens (primary N) is 1. The SMILES string of the molecule is CC(C)Cn1ncnc1CN1CCOC(C(N)=NO)C1. The molecule has 0 saturated carbocycles. The third-order valence-electron chi connectivity index (χ3n) is 3.19. The zero-order valence-corrected chi connectivity index (χ0v) is 11.9. The van der Waals surface area contributed by atoms with Gasteiger partial charge < -0.3 is 15.7 Å². The molecule has 0 spiro atoms. The van der Waals surface area contributed by atoms with Gasteiger partial charge in [0.2, 0.25) is 0 Å².